The Morgan fingerprint density at radius 2 is 1.76 bits per heavy atom. The Balaban J connectivity index is 1.33. The maximum Gasteiger partial charge on any atom is 0.229 e. The predicted octanol–water partition coefficient (Wildman–Crippen LogP) is 2.82. The molecule has 4 rings (SSSR count). The minimum absolute atomic E-state index is 0.00476. The first-order chi connectivity index (χ1) is 14.1. The number of nitrogens with one attached hydrogen (secondary N) is 1. The summed E-state index contributed by atoms with van der Waals surface area (Å²) in [5, 5.41) is 2.96. The standard InChI is InChI=1S/C23H27N3O3/c1-17-2-8-21(9-3-17)26-16-19(14-22(26)27)23(28)24-20-6-4-18(5-7-20)15-25-10-12-29-13-11-25/h2-9,19H,10-16H2,1H3,(H,24,28). The van der Waals surface area contributed by atoms with E-state index in [1.54, 1.807) is 4.90 Å². The summed E-state index contributed by atoms with van der Waals surface area (Å²) >= 11 is 0. The van der Waals surface area contributed by atoms with Crippen molar-refractivity contribution in [1.29, 1.82) is 0 Å². The molecule has 2 amide bonds. The molecule has 2 aromatic rings. The molecule has 0 bridgehead atoms. The number of amides is 2. The Bertz CT molecular complexity index is 858. The van der Waals surface area contributed by atoms with Gasteiger partial charge in [0, 0.05) is 44.0 Å². The Morgan fingerprint density at radius 3 is 2.45 bits per heavy atom. The van der Waals surface area contributed by atoms with Crippen LogP contribution in [0.25, 0.3) is 0 Å². The average molecular weight is 393 g/mol. The Labute approximate surface area is 171 Å². The third-order valence-corrected chi connectivity index (χ3v) is 5.57. The number of hydrogen-bond donors (Lipinski definition) is 1. The van der Waals surface area contributed by atoms with Crippen molar-refractivity contribution in [1.82, 2.24) is 4.90 Å². The van der Waals surface area contributed by atoms with Gasteiger partial charge in [0.2, 0.25) is 11.8 Å². The molecule has 1 atom stereocenters. The minimum Gasteiger partial charge on any atom is -0.379 e. The number of carbonyl (C=O) groups excluding carboxylic acids is 2. The number of aryl methyl sites for hydroxylation is 1. The molecule has 0 aliphatic carbocycles. The smallest absolute Gasteiger partial charge is 0.229 e. The predicted molar refractivity (Wildman–Crippen MR) is 113 cm³/mol. The van der Waals surface area contributed by atoms with Crippen LogP contribution in [-0.2, 0) is 20.9 Å². The average Bonchev–Trinajstić information content (AvgIpc) is 3.13. The minimum atomic E-state index is -0.336. The zero-order chi connectivity index (χ0) is 20.2. The number of rotatable bonds is 5. The first-order valence-corrected chi connectivity index (χ1v) is 10.2. The van der Waals surface area contributed by atoms with Gasteiger partial charge in [0.1, 0.15) is 0 Å². The van der Waals surface area contributed by atoms with Crippen molar-refractivity contribution in [2.45, 2.75) is 19.9 Å². The zero-order valence-electron chi connectivity index (χ0n) is 16.8. The van der Waals surface area contributed by atoms with E-state index in [9.17, 15) is 9.59 Å². The van der Waals surface area contributed by atoms with Crippen LogP contribution in [0.3, 0.4) is 0 Å². The molecule has 0 aromatic heterocycles. The fourth-order valence-electron chi connectivity index (χ4n) is 3.81. The van der Waals surface area contributed by atoms with Crippen molar-refractivity contribution in [2.24, 2.45) is 5.92 Å². The van der Waals surface area contributed by atoms with Gasteiger partial charge in [0.15, 0.2) is 0 Å². The molecule has 0 saturated carbocycles. The number of hydrogen-bond acceptors (Lipinski definition) is 4. The normalized spacial score (nSPS) is 20.1. The van der Waals surface area contributed by atoms with Gasteiger partial charge in [-0.25, -0.2) is 0 Å². The van der Waals surface area contributed by atoms with Gasteiger partial charge in [0.25, 0.3) is 0 Å². The highest BCUT2D eigenvalue weighted by Crippen LogP contribution is 2.26. The molecule has 6 heteroatoms. The van der Waals surface area contributed by atoms with Crippen molar-refractivity contribution in [3.63, 3.8) is 0 Å². The molecule has 29 heavy (non-hydrogen) atoms. The maximum atomic E-state index is 12.7. The summed E-state index contributed by atoms with van der Waals surface area (Å²) in [5.41, 5.74) is 3.98. The molecular weight excluding hydrogens is 366 g/mol. The molecule has 2 saturated heterocycles. The van der Waals surface area contributed by atoms with Gasteiger partial charge < -0.3 is 15.0 Å². The molecule has 0 spiro atoms. The summed E-state index contributed by atoms with van der Waals surface area (Å²) in [5.74, 6) is -0.444. The molecule has 2 aliphatic rings. The van der Waals surface area contributed by atoms with E-state index in [0.717, 1.165) is 49.8 Å². The van der Waals surface area contributed by atoms with Crippen LogP contribution in [0.15, 0.2) is 48.5 Å². The molecule has 2 aliphatic heterocycles. The van der Waals surface area contributed by atoms with Crippen molar-refractivity contribution >= 4 is 23.2 Å². The summed E-state index contributed by atoms with van der Waals surface area (Å²) in [4.78, 5) is 29.1. The number of carbonyl (C=O) groups is 2. The number of benzene rings is 2. The summed E-state index contributed by atoms with van der Waals surface area (Å²) in [7, 11) is 0. The van der Waals surface area contributed by atoms with Crippen LogP contribution in [0.5, 0.6) is 0 Å². The molecule has 0 radical (unpaired) electrons. The van der Waals surface area contributed by atoms with E-state index < -0.39 is 0 Å². The van der Waals surface area contributed by atoms with Crippen LogP contribution in [-0.4, -0.2) is 49.6 Å². The lowest BCUT2D eigenvalue weighted by Gasteiger charge is -2.26. The van der Waals surface area contributed by atoms with E-state index in [2.05, 4.69) is 10.2 Å². The zero-order valence-corrected chi connectivity index (χ0v) is 16.8. The highest BCUT2D eigenvalue weighted by atomic mass is 16.5. The summed E-state index contributed by atoms with van der Waals surface area (Å²) in [6.07, 6.45) is 0.245. The molecule has 2 fully saturated rings. The number of anilines is 2. The van der Waals surface area contributed by atoms with E-state index in [-0.39, 0.29) is 24.2 Å². The maximum absolute atomic E-state index is 12.7. The van der Waals surface area contributed by atoms with Crippen LogP contribution in [0.1, 0.15) is 17.5 Å². The van der Waals surface area contributed by atoms with Crippen molar-refractivity contribution < 1.29 is 14.3 Å². The van der Waals surface area contributed by atoms with Crippen LogP contribution >= 0.6 is 0 Å². The molecule has 2 heterocycles. The van der Waals surface area contributed by atoms with Crippen LogP contribution < -0.4 is 10.2 Å². The van der Waals surface area contributed by atoms with Crippen LogP contribution in [0.4, 0.5) is 11.4 Å². The van der Waals surface area contributed by atoms with Gasteiger partial charge in [-0.2, -0.15) is 0 Å². The highest BCUT2D eigenvalue weighted by Gasteiger charge is 2.35. The van der Waals surface area contributed by atoms with Gasteiger partial charge in [-0.05, 0) is 36.8 Å². The Hall–Kier alpha value is -2.70. The van der Waals surface area contributed by atoms with Crippen LogP contribution in [0, 0.1) is 12.8 Å². The summed E-state index contributed by atoms with van der Waals surface area (Å²) in [6, 6.07) is 15.8. The van der Waals surface area contributed by atoms with E-state index >= 15 is 0 Å². The van der Waals surface area contributed by atoms with Gasteiger partial charge in [-0.3, -0.25) is 14.5 Å². The van der Waals surface area contributed by atoms with E-state index in [1.165, 1.54) is 5.56 Å². The van der Waals surface area contributed by atoms with E-state index in [1.807, 2.05) is 55.5 Å². The quantitative estimate of drug-likeness (QED) is 0.849. The number of nitrogens with zero attached hydrogens (tertiary/aromatic N) is 2. The fourth-order valence-corrected chi connectivity index (χ4v) is 3.81. The molecule has 6 nitrogen and oxygen atoms in total. The van der Waals surface area contributed by atoms with Gasteiger partial charge >= 0.3 is 0 Å². The topological polar surface area (TPSA) is 61.9 Å². The molecular formula is C23H27N3O3. The fraction of sp³-hybridized carbons (Fsp3) is 0.391. The summed E-state index contributed by atoms with van der Waals surface area (Å²) < 4.78 is 5.38. The second kappa shape index (κ2) is 8.76. The molecule has 1 unspecified atom stereocenters. The van der Waals surface area contributed by atoms with Gasteiger partial charge in [-0.15, -0.1) is 0 Å². The van der Waals surface area contributed by atoms with Gasteiger partial charge in [0.05, 0.1) is 19.1 Å². The van der Waals surface area contributed by atoms with E-state index in [0.29, 0.717) is 6.54 Å². The Morgan fingerprint density at radius 1 is 1.07 bits per heavy atom. The lowest BCUT2D eigenvalue weighted by molar-refractivity contribution is -0.122. The highest BCUT2D eigenvalue weighted by molar-refractivity contribution is 6.03. The van der Waals surface area contributed by atoms with Crippen LogP contribution in [0.2, 0.25) is 0 Å². The van der Waals surface area contributed by atoms with Crippen molar-refractivity contribution in [2.75, 3.05) is 43.1 Å². The molecule has 1 N–H and O–H groups in total. The van der Waals surface area contributed by atoms with Crippen molar-refractivity contribution in [3.8, 4) is 0 Å². The SMILES string of the molecule is Cc1ccc(N2CC(C(=O)Nc3ccc(CN4CCOCC4)cc3)CC2=O)cc1. The Kier molecular flexibility index (Phi) is 5.92. The lowest BCUT2D eigenvalue weighted by atomic mass is 10.1. The first kappa shape index (κ1) is 19.6. The molecule has 152 valence electrons. The monoisotopic (exact) mass is 393 g/mol. The number of ether oxygens (including phenoxy) is 1. The first-order valence-electron chi connectivity index (χ1n) is 10.2. The van der Waals surface area contributed by atoms with Crippen molar-refractivity contribution in [3.05, 3.63) is 59.7 Å². The largest absolute Gasteiger partial charge is 0.379 e. The third-order valence-electron chi connectivity index (χ3n) is 5.57. The third kappa shape index (κ3) is 4.83. The second-order valence-corrected chi connectivity index (χ2v) is 7.82. The van der Waals surface area contributed by atoms with E-state index in [4.69, 9.17) is 4.74 Å². The van der Waals surface area contributed by atoms with Gasteiger partial charge in [-0.1, -0.05) is 29.8 Å². The lowest BCUT2D eigenvalue weighted by Crippen LogP contribution is -2.35. The summed E-state index contributed by atoms with van der Waals surface area (Å²) in [6.45, 7) is 6.79. The molecule has 2 aromatic carbocycles. The number of morpholine rings is 1. The second-order valence-electron chi connectivity index (χ2n) is 7.82.